The standard InChI is InChI=1S/C10H13N5O/c1-14(2)6-12-10-13-7-4-5-11-8(7)9(16)15(10)3/h4-6,11H,1-3H3/b12-6+. The largest absolute Gasteiger partial charge is 0.369 e. The number of hydrogen-bond acceptors (Lipinski definition) is 3. The number of fused-ring (bicyclic) bond motifs is 1. The molecule has 0 saturated carbocycles. The van der Waals surface area contributed by atoms with Crippen LogP contribution in [0.25, 0.3) is 11.0 Å². The number of aromatic amines is 1. The lowest BCUT2D eigenvalue weighted by atomic mass is 10.4. The van der Waals surface area contributed by atoms with Crippen LogP contribution in [-0.2, 0) is 7.05 Å². The van der Waals surface area contributed by atoms with Crippen molar-refractivity contribution in [3.8, 4) is 0 Å². The van der Waals surface area contributed by atoms with Crippen molar-refractivity contribution in [2.45, 2.75) is 0 Å². The Kier molecular flexibility index (Phi) is 2.47. The molecule has 0 fully saturated rings. The van der Waals surface area contributed by atoms with Crippen LogP contribution in [0.3, 0.4) is 0 Å². The summed E-state index contributed by atoms with van der Waals surface area (Å²) in [6, 6.07) is 1.76. The van der Waals surface area contributed by atoms with E-state index in [-0.39, 0.29) is 5.56 Å². The van der Waals surface area contributed by atoms with Gasteiger partial charge in [0.1, 0.15) is 5.52 Å². The van der Waals surface area contributed by atoms with E-state index in [1.165, 1.54) is 4.57 Å². The van der Waals surface area contributed by atoms with E-state index < -0.39 is 0 Å². The van der Waals surface area contributed by atoms with Gasteiger partial charge in [0.2, 0.25) is 5.95 Å². The minimum atomic E-state index is -0.124. The molecule has 2 rings (SSSR count). The molecular weight excluding hydrogens is 206 g/mol. The highest BCUT2D eigenvalue weighted by molar-refractivity contribution is 5.75. The van der Waals surface area contributed by atoms with Gasteiger partial charge in [0.25, 0.3) is 5.56 Å². The molecule has 6 nitrogen and oxygen atoms in total. The fraction of sp³-hybridized carbons (Fsp3) is 0.300. The van der Waals surface area contributed by atoms with Gasteiger partial charge in [-0.25, -0.2) is 9.98 Å². The maximum absolute atomic E-state index is 11.9. The first-order valence-corrected chi connectivity index (χ1v) is 4.84. The van der Waals surface area contributed by atoms with Crippen LogP contribution in [0, 0.1) is 0 Å². The van der Waals surface area contributed by atoms with E-state index in [0.717, 1.165) is 0 Å². The number of H-pyrrole nitrogens is 1. The molecule has 0 radical (unpaired) electrons. The second-order valence-electron chi connectivity index (χ2n) is 3.72. The van der Waals surface area contributed by atoms with Gasteiger partial charge in [0.15, 0.2) is 0 Å². The van der Waals surface area contributed by atoms with Gasteiger partial charge in [0.05, 0.1) is 11.9 Å². The number of nitrogens with zero attached hydrogens (tertiary/aromatic N) is 4. The fourth-order valence-corrected chi connectivity index (χ4v) is 1.35. The molecule has 0 aromatic carbocycles. The van der Waals surface area contributed by atoms with Crippen molar-refractivity contribution in [2.75, 3.05) is 14.1 Å². The molecule has 16 heavy (non-hydrogen) atoms. The Hall–Kier alpha value is -2.11. The van der Waals surface area contributed by atoms with Gasteiger partial charge >= 0.3 is 0 Å². The summed E-state index contributed by atoms with van der Waals surface area (Å²) in [6.45, 7) is 0. The van der Waals surface area contributed by atoms with Gasteiger partial charge in [0, 0.05) is 27.3 Å². The first-order chi connectivity index (χ1) is 7.59. The van der Waals surface area contributed by atoms with E-state index in [1.807, 2.05) is 14.1 Å². The predicted molar refractivity (Wildman–Crippen MR) is 63.2 cm³/mol. The van der Waals surface area contributed by atoms with E-state index in [4.69, 9.17) is 0 Å². The summed E-state index contributed by atoms with van der Waals surface area (Å²) in [5, 5.41) is 0. The van der Waals surface area contributed by atoms with Crippen LogP contribution in [0.15, 0.2) is 22.1 Å². The lowest BCUT2D eigenvalue weighted by molar-refractivity contribution is 0.641. The molecular formula is C10H13N5O. The second kappa shape index (κ2) is 3.80. The van der Waals surface area contributed by atoms with Crippen LogP contribution in [0.4, 0.5) is 5.95 Å². The summed E-state index contributed by atoms with van der Waals surface area (Å²) in [5.74, 6) is 0.394. The van der Waals surface area contributed by atoms with E-state index >= 15 is 0 Å². The molecule has 1 N–H and O–H groups in total. The third-order valence-electron chi connectivity index (χ3n) is 2.17. The molecule has 0 spiro atoms. The molecule has 0 amide bonds. The number of nitrogens with one attached hydrogen (secondary N) is 1. The van der Waals surface area contributed by atoms with Crippen molar-refractivity contribution < 1.29 is 0 Å². The first-order valence-electron chi connectivity index (χ1n) is 4.84. The Labute approximate surface area is 92.2 Å². The molecule has 0 atom stereocenters. The monoisotopic (exact) mass is 219 g/mol. The normalized spacial score (nSPS) is 11.4. The Morgan fingerprint density at radius 1 is 1.56 bits per heavy atom. The smallest absolute Gasteiger partial charge is 0.279 e. The maximum Gasteiger partial charge on any atom is 0.279 e. The zero-order chi connectivity index (χ0) is 11.7. The summed E-state index contributed by atoms with van der Waals surface area (Å²) < 4.78 is 1.42. The summed E-state index contributed by atoms with van der Waals surface area (Å²) in [7, 11) is 5.37. The van der Waals surface area contributed by atoms with Gasteiger partial charge < -0.3 is 9.88 Å². The van der Waals surface area contributed by atoms with E-state index in [2.05, 4.69) is 15.0 Å². The van der Waals surface area contributed by atoms with Crippen LogP contribution < -0.4 is 5.56 Å². The lowest BCUT2D eigenvalue weighted by Crippen LogP contribution is -2.18. The first kappa shape index (κ1) is 10.4. The van der Waals surface area contributed by atoms with Crippen LogP contribution >= 0.6 is 0 Å². The average molecular weight is 219 g/mol. The molecule has 0 unspecified atom stereocenters. The topological polar surface area (TPSA) is 66.3 Å². The Bertz CT molecular complexity index is 593. The number of aromatic nitrogens is 3. The Balaban J connectivity index is 2.62. The van der Waals surface area contributed by atoms with Crippen molar-refractivity contribution in [3.05, 3.63) is 22.6 Å². The molecule has 2 aromatic heterocycles. The molecule has 2 aromatic rings. The minimum Gasteiger partial charge on any atom is -0.369 e. The van der Waals surface area contributed by atoms with Crippen molar-refractivity contribution in [1.82, 2.24) is 19.4 Å². The highest BCUT2D eigenvalue weighted by Crippen LogP contribution is 2.10. The highest BCUT2D eigenvalue weighted by Gasteiger charge is 2.07. The van der Waals surface area contributed by atoms with Crippen LogP contribution in [0.1, 0.15) is 0 Å². The summed E-state index contributed by atoms with van der Waals surface area (Å²) >= 11 is 0. The molecule has 0 aliphatic heterocycles. The maximum atomic E-state index is 11.9. The third-order valence-corrected chi connectivity index (χ3v) is 2.17. The fourth-order valence-electron chi connectivity index (χ4n) is 1.35. The molecule has 0 saturated heterocycles. The zero-order valence-corrected chi connectivity index (χ0v) is 9.43. The van der Waals surface area contributed by atoms with Crippen molar-refractivity contribution in [2.24, 2.45) is 12.0 Å². The van der Waals surface area contributed by atoms with E-state index in [0.29, 0.717) is 17.0 Å². The SMILES string of the molecule is CN(C)/C=N/c1nc2cc[nH]c2c(=O)n1C. The van der Waals surface area contributed by atoms with Crippen molar-refractivity contribution >= 4 is 23.3 Å². The van der Waals surface area contributed by atoms with Crippen LogP contribution in [-0.4, -0.2) is 39.9 Å². The minimum absolute atomic E-state index is 0.124. The van der Waals surface area contributed by atoms with Gasteiger partial charge in [-0.05, 0) is 6.07 Å². The van der Waals surface area contributed by atoms with Crippen molar-refractivity contribution in [3.63, 3.8) is 0 Å². The molecule has 6 heteroatoms. The summed E-state index contributed by atoms with van der Waals surface area (Å²) in [6.07, 6.45) is 3.30. The highest BCUT2D eigenvalue weighted by atomic mass is 16.1. The number of hydrogen-bond donors (Lipinski definition) is 1. The zero-order valence-electron chi connectivity index (χ0n) is 9.43. The predicted octanol–water partition coefficient (Wildman–Crippen LogP) is 0.483. The molecule has 0 aliphatic carbocycles. The van der Waals surface area contributed by atoms with Gasteiger partial charge in [-0.2, -0.15) is 0 Å². The summed E-state index contributed by atoms with van der Waals surface area (Å²) in [5.41, 5.74) is 1.02. The molecule has 0 aliphatic rings. The quantitative estimate of drug-likeness (QED) is 0.590. The lowest BCUT2D eigenvalue weighted by Gasteiger charge is -2.05. The number of rotatable bonds is 2. The second-order valence-corrected chi connectivity index (χ2v) is 3.72. The molecule has 0 bridgehead atoms. The van der Waals surface area contributed by atoms with Gasteiger partial charge in [-0.3, -0.25) is 9.36 Å². The van der Waals surface area contributed by atoms with Gasteiger partial charge in [-0.15, -0.1) is 0 Å². The summed E-state index contributed by atoms with van der Waals surface area (Å²) in [4.78, 5) is 24.9. The Morgan fingerprint density at radius 3 is 3.00 bits per heavy atom. The number of aliphatic imine (C=N–C) groups is 1. The van der Waals surface area contributed by atoms with E-state index in [1.54, 1.807) is 30.5 Å². The van der Waals surface area contributed by atoms with E-state index in [9.17, 15) is 4.79 Å². The molecule has 84 valence electrons. The third kappa shape index (κ3) is 1.69. The van der Waals surface area contributed by atoms with Crippen molar-refractivity contribution in [1.29, 1.82) is 0 Å². The van der Waals surface area contributed by atoms with Crippen LogP contribution in [0.5, 0.6) is 0 Å². The Morgan fingerprint density at radius 2 is 2.31 bits per heavy atom. The average Bonchev–Trinajstić information content (AvgIpc) is 2.69. The molecule has 2 heterocycles. The van der Waals surface area contributed by atoms with Crippen LogP contribution in [0.2, 0.25) is 0 Å². The van der Waals surface area contributed by atoms with Gasteiger partial charge in [-0.1, -0.05) is 0 Å².